The predicted molar refractivity (Wildman–Crippen MR) is 112 cm³/mol. The molecule has 4 rings (SSSR count). The lowest BCUT2D eigenvalue weighted by Crippen LogP contribution is -2.43. The first-order valence-corrected chi connectivity index (χ1v) is 10.4. The molecule has 1 aromatic heterocycles. The molecule has 146 valence electrons. The number of aryl methyl sites for hydroxylation is 1. The molecule has 1 aromatic carbocycles. The molecule has 6 heteroatoms. The number of nitrogens with zero attached hydrogens (tertiary/aromatic N) is 2. The Labute approximate surface area is 174 Å². The highest BCUT2D eigenvalue weighted by Crippen LogP contribution is 2.41. The van der Waals surface area contributed by atoms with Gasteiger partial charge in [0, 0.05) is 34.4 Å². The molecule has 2 aliphatic rings. The van der Waals surface area contributed by atoms with Crippen molar-refractivity contribution in [2.45, 2.75) is 45.1 Å². The summed E-state index contributed by atoms with van der Waals surface area (Å²) in [6.45, 7) is 2.55. The molecule has 1 atom stereocenters. The van der Waals surface area contributed by atoms with Crippen LogP contribution in [0.1, 0.15) is 48.6 Å². The molecule has 0 bridgehead atoms. The highest BCUT2D eigenvalue weighted by molar-refractivity contribution is 6.31. The van der Waals surface area contributed by atoms with E-state index in [1.807, 2.05) is 25.1 Å². The summed E-state index contributed by atoms with van der Waals surface area (Å²) in [6.07, 6.45) is 4.78. The number of fused-ring (bicyclic) bond motifs is 2. The monoisotopic (exact) mass is 416 g/mol. The zero-order valence-corrected chi connectivity index (χ0v) is 17.2. The maximum absolute atomic E-state index is 11.6. The second kappa shape index (κ2) is 7.76. The maximum atomic E-state index is 11.6. The Morgan fingerprint density at radius 2 is 2.07 bits per heavy atom. The molecule has 1 unspecified atom stereocenters. The maximum Gasteiger partial charge on any atom is 0.407 e. The highest BCUT2D eigenvalue weighted by atomic mass is 35.5. The number of benzene rings is 1. The molecule has 1 fully saturated rings. The van der Waals surface area contributed by atoms with E-state index in [1.54, 1.807) is 11.1 Å². The van der Waals surface area contributed by atoms with E-state index >= 15 is 0 Å². The first-order valence-electron chi connectivity index (χ1n) is 9.63. The number of halogens is 2. The molecular formula is C22H22Cl2N2O2. The molecule has 1 N–H and O–H groups in total. The lowest BCUT2D eigenvalue weighted by atomic mass is 9.85. The van der Waals surface area contributed by atoms with E-state index in [0.717, 1.165) is 51.7 Å². The molecular weight excluding hydrogens is 395 g/mol. The molecule has 1 saturated heterocycles. The van der Waals surface area contributed by atoms with Gasteiger partial charge in [-0.05, 0) is 67.0 Å². The fraction of sp³-hybridized carbons (Fsp3) is 0.364. The van der Waals surface area contributed by atoms with Crippen LogP contribution in [0.15, 0.2) is 36.0 Å². The van der Waals surface area contributed by atoms with Crippen molar-refractivity contribution < 1.29 is 9.90 Å². The molecule has 4 nitrogen and oxygen atoms in total. The lowest BCUT2D eigenvalue weighted by Gasteiger charge is -2.35. The Kier molecular flexibility index (Phi) is 5.35. The third-order valence-corrected chi connectivity index (χ3v) is 6.45. The summed E-state index contributed by atoms with van der Waals surface area (Å²) in [5.41, 5.74) is 6.70. The van der Waals surface area contributed by atoms with Crippen molar-refractivity contribution in [1.29, 1.82) is 0 Å². The number of rotatable bonds is 1. The van der Waals surface area contributed by atoms with Crippen molar-refractivity contribution in [3.63, 3.8) is 0 Å². The summed E-state index contributed by atoms with van der Waals surface area (Å²) in [5, 5.41) is 11.0. The van der Waals surface area contributed by atoms with Gasteiger partial charge in [-0.15, -0.1) is 0 Å². The Hall–Kier alpha value is -2.04. The average molecular weight is 417 g/mol. The summed E-state index contributed by atoms with van der Waals surface area (Å²) in [7, 11) is 0. The van der Waals surface area contributed by atoms with Crippen molar-refractivity contribution in [3.8, 4) is 0 Å². The number of hydrogen-bond donors (Lipinski definition) is 1. The number of likely N-dealkylation sites (tertiary alicyclic amines) is 1. The van der Waals surface area contributed by atoms with E-state index in [1.165, 1.54) is 11.1 Å². The quantitative estimate of drug-likeness (QED) is 0.634. The zero-order valence-electron chi connectivity index (χ0n) is 15.7. The van der Waals surface area contributed by atoms with Gasteiger partial charge in [0.25, 0.3) is 0 Å². The Balaban J connectivity index is 1.91. The Morgan fingerprint density at radius 3 is 2.82 bits per heavy atom. The minimum atomic E-state index is -0.842. The first kappa shape index (κ1) is 19.3. The third kappa shape index (κ3) is 3.40. The molecule has 0 saturated carbocycles. The first-order chi connectivity index (χ1) is 13.5. The SMILES string of the molecule is CCC1CC(=C2c3ccc(Cl)cc3CCc3c(Cl)ccnc32)CCN1C(=O)O. The number of piperidine rings is 1. The fourth-order valence-corrected chi connectivity index (χ4v) is 4.89. The Bertz CT molecular complexity index is 971. The van der Waals surface area contributed by atoms with Crippen LogP contribution in [-0.2, 0) is 12.8 Å². The number of aromatic nitrogens is 1. The molecule has 1 aliphatic heterocycles. The van der Waals surface area contributed by atoms with Crippen LogP contribution in [0, 0.1) is 0 Å². The number of carboxylic acid groups (broad SMARTS) is 1. The predicted octanol–water partition coefficient (Wildman–Crippen LogP) is 5.84. The van der Waals surface area contributed by atoms with Gasteiger partial charge in [0.2, 0.25) is 0 Å². The van der Waals surface area contributed by atoms with Crippen LogP contribution < -0.4 is 0 Å². The zero-order chi connectivity index (χ0) is 19.8. The number of amides is 1. The van der Waals surface area contributed by atoms with E-state index in [4.69, 9.17) is 28.2 Å². The smallest absolute Gasteiger partial charge is 0.407 e. The second-order valence-corrected chi connectivity index (χ2v) is 8.24. The second-order valence-electron chi connectivity index (χ2n) is 7.39. The van der Waals surface area contributed by atoms with E-state index < -0.39 is 6.09 Å². The van der Waals surface area contributed by atoms with Crippen LogP contribution in [0.4, 0.5) is 4.79 Å². The molecule has 0 radical (unpaired) electrons. The highest BCUT2D eigenvalue weighted by Gasteiger charge is 2.31. The fourth-order valence-electron chi connectivity index (χ4n) is 4.46. The molecule has 28 heavy (non-hydrogen) atoms. The van der Waals surface area contributed by atoms with Gasteiger partial charge < -0.3 is 10.0 Å². The third-order valence-electron chi connectivity index (χ3n) is 5.86. The largest absolute Gasteiger partial charge is 0.465 e. The van der Waals surface area contributed by atoms with Gasteiger partial charge in [-0.2, -0.15) is 0 Å². The molecule has 0 spiro atoms. The van der Waals surface area contributed by atoms with Gasteiger partial charge in [0.1, 0.15) is 0 Å². The average Bonchev–Trinajstić information content (AvgIpc) is 2.84. The van der Waals surface area contributed by atoms with Crippen LogP contribution in [0.3, 0.4) is 0 Å². The summed E-state index contributed by atoms with van der Waals surface area (Å²) in [6, 6.07) is 7.84. The van der Waals surface area contributed by atoms with Crippen molar-refractivity contribution in [3.05, 3.63) is 68.5 Å². The van der Waals surface area contributed by atoms with Crippen molar-refractivity contribution in [2.24, 2.45) is 0 Å². The van der Waals surface area contributed by atoms with Crippen LogP contribution in [0.5, 0.6) is 0 Å². The Morgan fingerprint density at radius 1 is 1.25 bits per heavy atom. The minimum absolute atomic E-state index is 0.0182. The molecule has 2 aromatic rings. The normalized spacial score (nSPS) is 21.7. The summed E-state index contributed by atoms with van der Waals surface area (Å²) >= 11 is 12.8. The standard InChI is InChI=1S/C22H22Cl2N2O2/c1-2-16-12-14(8-10-26(16)22(27)28)20-17-6-4-15(23)11-13(17)3-5-18-19(24)7-9-25-21(18)20/h4,6-7,9,11,16H,2-3,5,8,10,12H2,1H3,(H,27,28). The number of pyridine rings is 1. The topological polar surface area (TPSA) is 53.4 Å². The van der Waals surface area contributed by atoms with Gasteiger partial charge in [0.05, 0.1) is 5.69 Å². The van der Waals surface area contributed by atoms with Crippen LogP contribution >= 0.6 is 23.2 Å². The van der Waals surface area contributed by atoms with Gasteiger partial charge in [-0.25, -0.2) is 4.79 Å². The van der Waals surface area contributed by atoms with E-state index in [2.05, 4.69) is 6.07 Å². The summed E-state index contributed by atoms with van der Waals surface area (Å²) in [5.74, 6) is 0. The summed E-state index contributed by atoms with van der Waals surface area (Å²) in [4.78, 5) is 17.9. The van der Waals surface area contributed by atoms with Gasteiger partial charge in [0.15, 0.2) is 0 Å². The number of hydrogen-bond acceptors (Lipinski definition) is 2. The van der Waals surface area contributed by atoms with Crippen LogP contribution in [-0.4, -0.2) is 33.7 Å². The van der Waals surface area contributed by atoms with Crippen molar-refractivity contribution in [1.82, 2.24) is 9.88 Å². The molecule has 1 amide bonds. The van der Waals surface area contributed by atoms with E-state index in [9.17, 15) is 9.90 Å². The van der Waals surface area contributed by atoms with Crippen LogP contribution in [0.25, 0.3) is 5.57 Å². The molecule has 2 heterocycles. The van der Waals surface area contributed by atoms with Gasteiger partial charge >= 0.3 is 6.09 Å². The van der Waals surface area contributed by atoms with Gasteiger partial charge in [-0.3, -0.25) is 4.98 Å². The van der Waals surface area contributed by atoms with Gasteiger partial charge in [-0.1, -0.05) is 41.8 Å². The minimum Gasteiger partial charge on any atom is -0.465 e. The number of carbonyl (C=O) groups is 1. The van der Waals surface area contributed by atoms with Crippen molar-refractivity contribution >= 4 is 34.9 Å². The van der Waals surface area contributed by atoms with E-state index in [0.29, 0.717) is 19.4 Å². The van der Waals surface area contributed by atoms with Crippen LogP contribution in [0.2, 0.25) is 10.0 Å². The molecule has 1 aliphatic carbocycles. The lowest BCUT2D eigenvalue weighted by molar-refractivity contribution is 0.115. The van der Waals surface area contributed by atoms with E-state index in [-0.39, 0.29) is 6.04 Å². The van der Waals surface area contributed by atoms with Crippen molar-refractivity contribution in [2.75, 3.05) is 6.54 Å². The summed E-state index contributed by atoms with van der Waals surface area (Å²) < 4.78 is 0.